The van der Waals surface area contributed by atoms with Crippen LogP contribution in [-0.4, -0.2) is 25.9 Å². The summed E-state index contributed by atoms with van der Waals surface area (Å²) in [4.78, 5) is 12.3. The summed E-state index contributed by atoms with van der Waals surface area (Å²) in [6, 6.07) is 4.92. The number of anilines is 1. The minimum absolute atomic E-state index is 0.190. The Hall–Kier alpha value is -1.50. The Morgan fingerprint density at radius 3 is 2.91 bits per heavy atom. The van der Waals surface area contributed by atoms with Crippen molar-refractivity contribution in [2.45, 2.75) is 30.8 Å². The van der Waals surface area contributed by atoms with Gasteiger partial charge < -0.3 is 9.88 Å². The highest BCUT2D eigenvalue weighted by Gasteiger charge is 2.19. The fourth-order valence-electron chi connectivity index (χ4n) is 1.83. The molecule has 0 unspecified atom stereocenters. The average Bonchev–Trinajstić information content (AvgIpc) is 2.84. The van der Waals surface area contributed by atoms with Gasteiger partial charge in [0.05, 0.1) is 16.0 Å². The van der Waals surface area contributed by atoms with Crippen molar-refractivity contribution in [3.63, 3.8) is 0 Å². The number of hydrogen-bond donors (Lipinski definition) is 1. The number of allylic oxidation sites excluding steroid dienone is 1. The molecule has 0 radical (unpaired) electrons. The molecule has 8 heteroatoms. The van der Waals surface area contributed by atoms with Gasteiger partial charge in [-0.1, -0.05) is 41.0 Å². The summed E-state index contributed by atoms with van der Waals surface area (Å²) < 4.78 is 1.90. The average molecular weight is 371 g/mol. The van der Waals surface area contributed by atoms with Crippen LogP contribution in [0.2, 0.25) is 10.0 Å². The van der Waals surface area contributed by atoms with E-state index >= 15 is 0 Å². The first-order valence-corrected chi connectivity index (χ1v) is 8.49. The molecule has 5 nitrogen and oxygen atoms in total. The third-order valence-electron chi connectivity index (χ3n) is 3.05. The van der Waals surface area contributed by atoms with E-state index < -0.39 is 0 Å². The number of amides is 1. The zero-order valence-corrected chi connectivity index (χ0v) is 15.0. The highest BCUT2D eigenvalue weighted by molar-refractivity contribution is 8.00. The number of nitrogens with one attached hydrogen (secondary N) is 1. The van der Waals surface area contributed by atoms with E-state index in [9.17, 15) is 4.79 Å². The molecule has 1 N–H and O–H groups in total. The third kappa shape index (κ3) is 4.50. The van der Waals surface area contributed by atoms with Crippen LogP contribution in [0.25, 0.3) is 0 Å². The van der Waals surface area contributed by atoms with Crippen LogP contribution in [0.15, 0.2) is 36.0 Å². The SMILES string of the molecule is C=CCn1c(C)nnc1S[C@H](C)C(=O)Nc1cc(Cl)ccc1Cl. The Morgan fingerprint density at radius 1 is 1.48 bits per heavy atom. The maximum absolute atomic E-state index is 12.3. The second kappa shape index (κ2) is 7.86. The van der Waals surface area contributed by atoms with E-state index in [1.165, 1.54) is 11.8 Å². The zero-order chi connectivity index (χ0) is 17.0. The van der Waals surface area contributed by atoms with E-state index in [-0.39, 0.29) is 11.2 Å². The van der Waals surface area contributed by atoms with E-state index in [4.69, 9.17) is 23.2 Å². The first-order chi connectivity index (χ1) is 10.9. The van der Waals surface area contributed by atoms with Crippen LogP contribution in [-0.2, 0) is 11.3 Å². The number of thioether (sulfide) groups is 1. The Kier molecular flexibility index (Phi) is 6.10. The molecule has 2 rings (SSSR count). The molecule has 2 aromatic rings. The van der Waals surface area contributed by atoms with Crippen LogP contribution >= 0.6 is 35.0 Å². The van der Waals surface area contributed by atoms with E-state index in [0.717, 1.165) is 5.82 Å². The summed E-state index contributed by atoms with van der Waals surface area (Å²) in [5.41, 5.74) is 0.486. The van der Waals surface area contributed by atoms with Crippen LogP contribution in [0.3, 0.4) is 0 Å². The van der Waals surface area contributed by atoms with Gasteiger partial charge in [0.15, 0.2) is 5.16 Å². The molecule has 1 aromatic carbocycles. The molecule has 23 heavy (non-hydrogen) atoms. The van der Waals surface area contributed by atoms with Gasteiger partial charge in [0.1, 0.15) is 5.82 Å². The number of carbonyl (C=O) groups is 1. The zero-order valence-electron chi connectivity index (χ0n) is 12.7. The number of aromatic nitrogens is 3. The van der Waals surface area contributed by atoms with Gasteiger partial charge in [-0.3, -0.25) is 4.79 Å². The van der Waals surface area contributed by atoms with Crippen molar-refractivity contribution in [3.8, 4) is 0 Å². The van der Waals surface area contributed by atoms with Crippen molar-refractivity contribution < 1.29 is 4.79 Å². The second-order valence-corrected chi connectivity index (χ2v) is 6.95. The molecule has 0 bridgehead atoms. The van der Waals surface area contributed by atoms with E-state index in [1.54, 1.807) is 31.2 Å². The Labute approximate surface area is 149 Å². The highest BCUT2D eigenvalue weighted by atomic mass is 35.5. The normalized spacial score (nSPS) is 12.0. The molecule has 0 aliphatic carbocycles. The smallest absolute Gasteiger partial charge is 0.237 e. The topological polar surface area (TPSA) is 59.8 Å². The number of hydrogen-bond acceptors (Lipinski definition) is 4. The molecule has 122 valence electrons. The number of rotatable bonds is 6. The van der Waals surface area contributed by atoms with Gasteiger partial charge in [0.25, 0.3) is 0 Å². The lowest BCUT2D eigenvalue weighted by atomic mass is 10.3. The summed E-state index contributed by atoms with van der Waals surface area (Å²) in [6.45, 7) is 7.96. The van der Waals surface area contributed by atoms with Gasteiger partial charge in [-0.2, -0.15) is 0 Å². The van der Waals surface area contributed by atoms with Crippen LogP contribution in [0.1, 0.15) is 12.7 Å². The lowest BCUT2D eigenvalue weighted by Crippen LogP contribution is -2.23. The second-order valence-electron chi connectivity index (χ2n) is 4.80. The molecular weight excluding hydrogens is 355 g/mol. The molecule has 0 saturated carbocycles. The minimum Gasteiger partial charge on any atom is -0.324 e. The maximum Gasteiger partial charge on any atom is 0.237 e. The summed E-state index contributed by atoms with van der Waals surface area (Å²) in [6.07, 6.45) is 1.76. The fourth-order valence-corrected chi connectivity index (χ4v) is 3.07. The molecule has 0 saturated heterocycles. The van der Waals surface area contributed by atoms with Crippen LogP contribution < -0.4 is 5.32 Å². The molecule has 0 fully saturated rings. The van der Waals surface area contributed by atoms with Gasteiger partial charge in [-0.05, 0) is 32.0 Å². The number of benzene rings is 1. The standard InChI is InChI=1S/C15H16Cl2N4OS/c1-4-7-21-10(3)19-20-15(21)23-9(2)14(22)18-13-8-11(16)5-6-12(13)17/h4-6,8-9H,1,7H2,2-3H3,(H,18,22)/t9-/m1/s1. The number of nitrogens with zero attached hydrogens (tertiary/aromatic N) is 3. The van der Waals surface area contributed by atoms with Crippen LogP contribution in [0.5, 0.6) is 0 Å². The van der Waals surface area contributed by atoms with Crippen molar-refractivity contribution in [1.82, 2.24) is 14.8 Å². The van der Waals surface area contributed by atoms with Gasteiger partial charge >= 0.3 is 0 Å². The van der Waals surface area contributed by atoms with Crippen molar-refractivity contribution in [2.24, 2.45) is 0 Å². The summed E-state index contributed by atoms with van der Waals surface area (Å²) in [5.74, 6) is 0.586. The molecular formula is C15H16Cl2N4OS. The van der Waals surface area contributed by atoms with Crippen molar-refractivity contribution in [2.75, 3.05) is 5.32 Å². The Balaban J connectivity index is 2.08. The quantitative estimate of drug-likeness (QED) is 0.611. The number of halogens is 2. The third-order valence-corrected chi connectivity index (χ3v) is 4.70. The van der Waals surface area contributed by atoms with Crippen molar-refractivity contribution in [3.05, 3.63) is 46.7 Å². The van der Waals surface area contributed by atoms with Crippen LogP contribution in [0.4, 0.5) is 5.69 Å². The van der Waals surface area contributed by atoms with Gasteiger partial charge in [0.2, 0.25) is 5.91 Å². The summed E-state index contributed by atoms with van der Waals surface area (Å²) in [5, 5.41) is 12.1. The molecule has 0 aliphatic rings. The molecule has 1 heterocycles. The number of carbonyl (C=O) groups excluding carboxylic acids is 1. The predicted octanol–water partition coefficient (Wildman–Crippen LogP) is 4.20. The summed E-state index contributed by atoms with van der Waals surface area (Å²) in [7, 11) is 0. The predicted molar refractivity (Wildman–Crippen MR) is 95.4 cm³/mol. The molecule has 0 aliphatic heterocycles. The first-order valence-electron chi connectivity index (χ1n) is 6.85. The van der Waals surface area contributed by atoms with Gasteiger partial charge in [-0.15, -0.1) is 16.8 Å². The number of aryl methyl sites for hydroxylation is 1. The first kappa shape index (κ1) is 17.8. The Bertz CT molecular complexity index is 732. The molecule has 0 spiro atoms. The molecule has 1 amide bonds. The van der Waals surface area contributed by atoms with Gasteiger partial charge in [-0.25, -0.2) is 0 Å². The largest absolute Gasteiger partial charge is 0.324 e. The Morgan fingerprint density at radius 2 is 2.22 bits per heavy atom. The maximum atomic E-state index is 12.3. The van der Waals surface area contributed by atoms with Crippen LogP contribution in [0, 0.1) is 6.92 Å². The minimum atomic E-state index is -0.378. The summed E-state index contributed by atoms with van der Waals surface area (Å²) >= 11 is 13.3. The monoisotopic (exact) mass is 370 g/mol. The highest BCUT2D eigenvalue weighted by Crippen LogP contribution is 2.28. The van der Waals surface area contributed by atoms with E-state index in [1.807, 2.05) is 11.5 Å². The van der Waals surface area contributed by atoms with Crippen molar-refractivity contribution >= 4 is 46.6 Å². The van der Waals surface area contributed by atoms with Crippen molar-refractivity contribution in [1.29, 1.82) is 0 Å². The van der Waals surface area contributed by atoms with E-state index in [2.05, 4.69) is 22.1 Å². The molecule has 1 atom stereocenters. The van der Waals surface area contributed by atoms with Gasteiger partial charge in [0, 0.05) is 11.6 Å². The lowest BCUT2D eigenvalue weighted by molar-refractivity contribution is -0.115. The molecule has 1 aromatic heterocycles. The fraction of sp³-hybridized carbons (Fsp3) is 0.267. The lowest BCUT2D eigenvalue weighted by Gasteiger charge is -2.13. The van der Waals surface area contributed by atoms with E-state index in [0.29, 0.717) is 27.4 Å².